The van der Waals surface area contributed by atoms with Crippen LogP contribution in [0.5, 0.6) is 0 Å². The molecule has 0 saturated carbocycles. The Hall–Kier alpha value is -1.83. The zero-order valence-corrected chi connectivity index (χ0v) is 7.40. The molecule has 1 aromatic rings. The number of benzene rings is 1. The molecule has 0 unspecified atom stereocenters. The van der Waals surface area contributed by atoms with Gasteiger partial charge < -0.3 is 0 Å². The molecule has 0 aromatic heterocycles. The molecule has 0 bridgehead atoms. The lowest BCUT2D eigenvalue weighted by Crippen LogP contribution is -2.11. The van der Waals surface area contributed by atoms with Crippen molar-refractivity contribution in [3.05, 3.63) is 41.2 Å². The Labute approximate surface area is 83.3 Å². The van der Waals surface area contributed by atoms with E-state index in [9.17, 15) is 17.6 Å². The van der Waals surface area contributed by atoms with Gasteiger partial charge >= 0.3 is 6.18 Å². The SMILES string of the molecule is C=Cc1c(F)ccc(C#N)c1C(F)(F)F. The van der Waals surface area contributed by atoms with Crippen LogP contribution in [-0.4, -0.2) is 0 Å². The first-order valence-corrected chi connectivity index (χ1v) is 3.84. The third kappa shape index (κ3) is 1.99. The topological polar surface area (TPSA) is 23.8 Å². The van der Waals surface area contributed by atoms with Crippen molar-refractivity contribution in [2.45, 2.75) is 6.18 Å². The Bertz CT molecular complexity index is 440. The van der Waals surface area contributed by atoms with Crippen LogP contribution in [0, 0.1) is 17.1 Å². The molecule has 5 heteroatoms. The summed E-state index contributed by atoms with van der Waals surface area (Å²) in [5, 5.41) is 8.49. The lowest BCUT2D eigenvalue weighted by molar-refractivity contribution is -0.138. The van der Waals surface area contributed by atoms with Gasteiger partial charge in [0.15, 0.2) is 0 Å². The molecule has 0 spiro atoms. The Kier molecular flexibility index (Phi) is 2.80. The maximum Gasteiger partial charge on any atom is 0.418 e. The summed E-state index contributed by atoms with van der Waals surface area (Å²) < 4.78 is 50.5. The summed E-state index contributed by atoms with van der Waals surface area (Å²) in [5.74, 6) is -1.05. The number of nitrogens with zero attached hydrogens (tertiary/aromatic N) is 1. The summed E-state index contributed by atoms with van der Waals surface area (Å²) in [6.07, 6.45) is -4.02. The molecule has 0 radical (unpaired) electrons. The second kappa shape index (κ2) is 3.73. The zero-order valence-electron chi connectivity index (χ0n) is 7.40. The first kappa shape index (κ1) is 11.2. The molecule has 0 amide bonds. The molecule has 15 heavy (non-hydrogen) atoms. The van der Waals surface area contributed by atoms with Crippen LogP contribution in [0.15, 0.2) is 18.7 Å². The van der Waals surface area contributed by atoms with E-state index in [2.05, 4.69) is 6.58 Å². The molecule has 0 aliphatic carbocycles. The lowest BCUT2D eigenvalue weighted by atomic mass is 10.0. The fourth-order valence-corrected chi connectivity index (χ4v) is 1.19. The van der Waals surface area contributed by atoms with Gasteiger partial charge in [-0.05, 0) is 12.1 Å². The minimum Gasteiger partial charge on any atom is -0.206 e. The molecule has 0 fully saturated rings. The van der Waals surface area contributed by atoms with Crippen molar-refractivity contribution in [3.8, 4) is 6.07 Å². The Morgan fingerprint density at radius 3 is 2.33 bits per heavy atom. The van der Waals surface area contributed by atoms with Crippen LogP contribution in [-0.2, 0) is 6.18 Å². The second-order valence-corrected chi connectivity index (χ2v) is 2.70. The monoisotopic (exact) mass is 215 g/mol. The molecule has 0 aliphatic rings. The minimum absolute atomic E-state index is 0.612. The van der Waals surface area contributed by atoms with Crippen LogP contribution in [0.2, 0.25) is 0 Å². The van der Waals surface area contributed by atoms with Crippen LogP contribution in [0.25, 0.3) is 6.08 Å². The zero-order chi connectivity index (χ0) is 11.6. The Balaban J connectivity index is 3.64. The van der Waals surface area contributed by atoms with E-state index in [1.165, 1.54) is 6.07 Å². The summed E-state index contributed by atoms with van der Waals surface area (Å²) in [6.45, 7) is 3.09. The van der Waals surface area contributed by atoms with E-state index in [1.54, 1.807) is 0 Å². The molecule has 1 nitrogen and oxygen atoms in total. The van der Waals surface area contributed by atoms with E-state index in [0.29, 0.717) is 0 Å². The predicted molar refractivity (Wildman–Crippen MR) is 46.2 cm³/mol. The Morgan fingerprint density at radius 2 is 1.93 bits per heavy atom. The van der Waals surface area contributed by atoms with Crippen LogP contribution in [0.4, 0.5) is 17.6 Å². The van der Waals surface area contributed by atoms with Gasteiger partial charge in [0.05, 0.1) is 17.2 Å². The third-order valence-corrected chi connectivity index (χ3v) is 1.80. The molecule has 0 N–H and O–H groups in total. The summed E-state index contributed by atoms with van der Waals surface area (Å²) in [6, 6.07) is 2.98. The van der Waals surface area contributed by atoms with Gasteiger partial charge in [0.2, 0.25) is 0 Å². The quantitative estimate of drug-likeness (QED) is 0.659. The van der Waals surface area contributed by atoms with Crippen LogP contribution in [0.1, 0.15) is 16.7 Å². The fourth-order valence-electron chi connectivity index (χ4n) is 1.19. The fraction of sp³-hybridized carbons (Fsp3) is 0.100. The number of hydrogen-bond acceptors (Lipinski definition) is 1. The van der Waals surface area contributed by atoms with Gasteiger partial charge in [-0.15, -0.1) is 0 Å². The standard InChI is InChI=1S/C10H5F4N/c1-2-7-8(11)4-3-6(5-15)9(7)10(12,13)14/h2-4H,1H2. The van der Waals surface area contributed by atoms with Crippen LogP contribution < -0.4 is 0 Å². The molecule has 0 atom stereocenters. The van der Waals surface area contributed by atoms with Crippen molar-refractivity contribution in [2.75, 3.05) is 0 Å². The van der Waals surface area contributed by atoms with E-state index >= 15 is 0 Å². The maximum absolute atomic E-state index is 13.0. The Morgan fingerprint density at radius 1 is 1.33 bits per heavy atom. The molecule has 0 aliphatic heterocycles. The van der Waals surface area contributed by atoms with Crippen molar-refractivity contribution in [1.82, 2.24) is 0 Å². The van der Waals surface area contributed by atoms with Crippen LogP contribution in [0.3, 0.4) is 0 Å². The van der Waals surface area contributed by atoms with Crippen molar-refractivity contribution in [1.29, 1.82) is 5.26 Å². The van der Waals surface area contributed by atoms with Gasteiger partial charge in [0.1, 0.15) is 5.82 Å². The largest absolute Gasteiger partial charge is 0.418 e. The van der Waals surface area contributed by atoms with Gasteiger partial charge in [-0.25, -0.2) is 4.39 Å². The maximum atomic E-state index is 13.0. The number of nitriles is 1. The summed E-state index contributed by atoms with van der Waals surface area (Å²) in [7, 11) is 0. The molecule has 78 valence electrons. The molecule has 1 aromatic carbocycles. The summed E-state index contributed by atoms with van der Waals surface area (Å²) in [4.78, 5) is 0. The first-order valence-electron chi connectivity index (χ1n) is 3.84. The molecular formula is C10H5F4N. The second-order valence-electron chi connectivity index (χ2n) is 2.70. The lowest BCUT2D eigenvalue weighted by Gasteiger charge is -2.12. The van der Waals surface area contributed by atoms with Crippen molar-refractivity contribution in [2.24, 2.45) is 0 Å². The number of alkyl halides is 3. The summed E-state index contributed by atoms with van der Waals surface area (Å²) >= 11 is 0. The molecular weight excluding hydrogens is 210 g/mol. The highest BCUT2D eigenvalue weighted by atomic mass is 19.4. The van der Waals surface area contributed by atoms with E-state index in [4.69, 9.17) is 5.26 Å². The third-order valence-electron chi connectivity index (χ3n) is 1.80. The van der Waals surface area contributed by atoms with Gasteiger partial charge in [0.25, 0.3) is 0 Å². The average molecular weight is 215 g/mol. The van der Waals surface area contributed by atoms with E-state index in [1.807, 2.05) is 0 Å². The van der Waals surface area contributed by atoms with E-state index in [0.717, 1.165) is 18.2 Å². The molecule has 1 rings (SSSR count). The highest BCUT2D eigenvalue weighted by Gasteiger charge is 2.36. The van der Waals surface area contributed by atoms with Gasteiger partial charge in [-0.1, -0.05) is 12.7 Å². The van der Waals surface area contributed by atoms with Gasteiger partial charge in [0, 0.05) is 5.56 Å². The number of rotatable bonds is 1. The first-order chi connectivity index (χ1) is 6.91. The van der Waals surface area contributed by atoms with Gasteiger partial charge in [-0.2, -0.15) is 18.4 Å². The number of halogens is 4. The predicted octanol–water partition coefficient (Wildman–Crippen LogP) is 3.36. The molecule has 0 heterocycles. The molecule has 0 saturated heterocycles. The van der Waals surface area contributed by atoms with Crippen molar-refractivity contribution >= 4 is 6.08 Å². The summed E-state index contributed by atoms with van der Waals surface area (Å²) in [5.41, 5.74) is -2.58. The smallest absolute Gasteiger partial charge is 0.206 e. The van der Waals surface area contributed by atoms with E-state index in [-0.39, 0.29) is 0 Å². The normalized spacial score (nSPS) is 10.9. The van der Waals surface area contributed by atoms with Gasteiger partial charge in [-0.3, -0.25) is 0 Å². The average Bonchev–Trinajstić information content (AvgIpc) is 2.15. The minimum atomic E-state index is -4.77. The number of hydrogen-bond donors (Lipinski definition) is 0. The van der Waals surface area contributed by atoms with E-state index < -0.39 is 28.7 Å². The highest BCUT2D eigenvalue weighted by molar-refractivity contribution is 5.59. The van der Waals surface area contributed by atoms with Crippen LogP contribution >= 0.6 is 0 Å². The van der Waals surface area contributed by atoms with Crippen molar-refractivity contribution in [3.63, 3.8) is 0 Å². The van der Waals surface area contributed by atoms with Crippen molar-refractivity contribution < 1.29 is 17.6 Å². The highest BCUT2D eigenvalue weighted by Crippen LogP contribution is 2.36.